The van der Waals surface area contributed by atoms with Crippen LogP contribution in [0.4, 0.5) is 0 Å². The van der Waals surface area contributed by atoms with Gasteiger partial charge in [0.05, 0.1) is 12.7 Å². The summed E-state index contributed by atoms with van der Waals surface area (Å²) in [5.41, 5.74) is 0. The normalized spacial score (nSPS) is 22.9. The first-order chi connectivity index (χ1) is 8.29. The number of nitrogens with one attached hydrogen (secondary N) is 1. The van der Waals surface area contributed by atoms with Crippen LogP contribution in [0.2, 0.25) is 0 Å². The van der Waals surface area contributed by atoms with Gasteiger partial charge in [-0.05, 0) is 32.9 Å². The number of unbranched alkanes of at least 4 members (excludes halogenated alkanes) is 2. The van der Waals surface area contributed by atoms with Crippen LogP contribution in [0.15, 0.2) is 0 Å². The molecule has 1 aliphatic rings. The van der Waals surface area contributed by atoms with Crippen LogP contribution in [0.25, 0.3) is 0 Å². The van der Waals surface area contributed by atoms with Crippen molar-refractivity contribution in [1.82, 2.24) is 10.2 Å². The Bertz CT molecular complexity index is 173. The lowest BCUT2D eigenvalue weighted by Crippen LogP contribution is -2.51. The van der Waals surface area contributed by atoms with Crippen LogP contribution in [-0.2, 0) is 4.74 Å². The molecule has 1 rings (SSSR count). The largest absolute Gasteiger partial charge is 0.374 e. The summed E-state index contributed by atoms with van der Waals surface area (Å²) in [7, 11) is 0. The van der Waals surface area contributed by atoms with E-state index in [4.69, 9.17) is 4.74 Å². The maximum absolute atomic E-state index is 5.88. The Hall–Kier alpha value is -0.120. The van der Waals surface area contributed by atoms with Gasteiger partial charge in [-0.25, -0.2) is 0 Å². The van der Waals surface area contributed by atoms with Crippen molar-refractivity contribution in [2.45, 2.75) is 58.6 Å². The molecule has 3 nitrogen and oxygen atoms in total. The lowest BCUT2D eigenvalue weighted by Gasteiger charge is -2.36. The molecule has 0 spiro atoms. The van der Waals surface area contributed by atoms with Crippen LogP contribution in [0.3, 0.4) is 0 Å². The number of morpholine rings is 1. The number of rotatable bonds is 8. The zero-order valence-electron chi connectivity index (χ0n) is 11.9. The number of ether oxygens (including phenoxy) is 1. The van der Waals surface area contributed by atoms with Gasteiger partial charge in [-0.3, -0.25) is 4.90 Å². The van der Waals surface area contributed by atoms with Crippen LogP contribution in [-0.4, -0.2) is 49.8 Å². The molecule has 0 amide bonds. The lowest BCUT2D eigenvalue weighted by molar-refractivity contribution is -0.0267. The lowest BCUT2D eigenvalue weighted by atomic mass is 10.1. The minimum absolute atomic E-state index is 0.373. The maximum Gasteiger partial charge on any atom is 0.0852 e. The third-order valence-electron chi connectivity index (χ3n) is 3.67. The summed E-state index contributed by atoms with van der Waals surface area (Å²) >= 11 is 0. The Morgan fingerprint density at radius 1 is 1.24 bits per heavy atom. The van der Waals surface area contributed by atoms with Gasteiger partial charge in [0.15, 0.2) is 0 Å². The predicted molar refractivity (Wildman–Crippen MR) is 73.5 cm³/mol. The quantitative estimate of drug-likeness (QED) is 0.706. The minimum atomic E-state index is 0.373. The van der Waals surface area contributed by atoms with E-state index in [1.54, 1.807) is 0 Å². The van der Waals surface area contributed by atoms with E-state index in [0.717, 1.165) is 19.7 Å². The monoisotopic (exact) mass is 242 g/mol. The minimum Gasteiger partial charge on any atom is -0.374 e. The standard InChI is InChI=1S/C14H30N2O/c1-4-6-9-16(10-7-5-2)13(3)14-12-15-8-11-17-14/h13-15H,4-12H2,1-3H3. The van der Waals surface area contributed by atoms with Crippen molar-refractivity contribution in [3.63, 3.8) is 0 Å². The van der Waals surface area contributed by atoms with Gasteiger partial charge >= 0.3 is 0 Å². The fraction of sp³-hybridized carbons (Fsp3) is 1.00. The Labute approximate surface area is 107 Å². The molecule has 0 radical (unpaired) electrons. The van der Waals surface area contributed by atoms with Crippen LogP contribution in [0.5, 0.6) is 0 Å². The molecule has 0 aromatic carbocycles. The molecule has 0 aromatic rings. The van der Waals surface area contributed by atoms with Gasteiger partial charge in [0.1, 0.15) is 0 Å². The molecule has 1 aliphatic heterocycles. The highest BCUT2D eigenvalue weighted by Gasteiger charge is 2.25. The van der Waals surface area contributed by atoms with Gasteiger partial charge < -0.3 is 10.1 Å². The van der Waals surface area contributed by atoms with Gasteiger partial charge in [-0.2, -0.15) is 0 Å². The molecule has 2 unspecified atom stereocenters. The first-order valence-corrected chi connectivity index (χ1v) is 7.36. The Morgan fingerprint density at radius 2 is 1.88 bits per heavy atom. The molecular weight excluding hydrogens is 212 g/mol. The van der Waals surface area contributed by atoms with Crippen molar-refractivity contribution in [3.05, 3.63) is 0 Å². The van der Waals surface area contributed by atoms with Crippen molar-refractivity contribution in [2.24, 2.45) is 0 Å². The third kappa shape index (κ3) is 5.36. The first-order valence-electron chi connectivity index (χ1n) is 7.36. The summed E-state index contributed by atoms with van der Waals surface area (Å²) < 4.78 is 5.88. The fourth-order valence-electron chi connectivity index (χ4n) is 2.37. The van der Waals surface area contributed by atoms with Gasteiger partial charge in [0.2, 0.25) is 0 Å². The third-order valence-corrected chi connectivity index (χ3v) is 3.67. The topological polar surface area (TPSA) is 24.5 Å². The van der Waals surface area contributed by atoms with E-state index in [-0.39, 0.29) is 0 Å². The van der Waals surface area contributed by atoms with E-state index in [1.807, 2.05) is 0 Å². The number of hydrogen-bond donors (Lipinski definition) is 1. The molecule has 1 fully saturated rings. The zero-order chi connectivity index (χ0) is 12.5. The van der Waals surface area contributed by atoms with Crippen LogP contribution >= 0.6 is 0 Å². The highest BCUT2D eigenvalue weighted by Crippen LogP contribution is 2.12. The van der Waals surface area contributed by atoms with E-state index in [0.29, 0.717) is 12.1 Å². The molecule has 3 heteroatoms. The van der Waals surface area contributed by atoms with Crippen molar-refractivity contribution in [3.8, 4) is 0 Å². The molecule has 0 saturated carbocycles. The second kappa shape index (κ2) is 8.90. The molecule has 1 heterocycles. The summed E-state index contributed by atoms with van der Waals surface area (Å²) in [6.45, 7) is 12.2. The van der Waals surface area contributed by atoms with Crippen LogP contribution in [0, 0.1) is 0 Å². The predicted octanol–water partition coefficient (Wildman–Crippen LogP) is 2.27. The van der Waals surface area contributed by atoms with E-state index in [2.05, 4.69) is 31.0 Å². The average molecular weight is 242 g/mol. The van der Waals surface area contributed by atoms with E-state index in [1.165, 1.54) is 38.8 Å². The van der Waals surface area contributed by atoms with E-state index >= 15 is 0 Å². The SMILES string of the molecule is CCCCN(CCCC)C(C)C1CNCCO1. The van der Waals surface area contributed by atoms with Gasteiger partial charge in [0.25, 0.3) is 0 Å². The van der Waals surface area contributed by atoms with Crippen molar-refractivity contribution >= 4 is 0 Å². The summed E-state index contributed by atoms with van der Waals surface area (Å²) in [6, 6.07) is 0.542. The molecule has 0 aromatic heterocycles. The molecule has 17 heavy (non-hydrogen) atoms. The highest BCUT2D eigenvalue weighted by molar-refractivity contribution is 4.80. The van der Waals surface area contributed by atoms with Crippen LogP contribution < -0.4 is 5.32 Å². The molecular formula is C14H30N2O. The second-order valence-corrected chi connectivity index (χ2v) is 5.10. The molecule has 1 saturated heterocycles. The van der Waals surface area contributed by atoms with E-state index < -0.39 is 0 Å². The fourth-order valence-corrected chi connectivity index (χ4v) is 2.37. The summed E-state index contributed by atoms with van der Waals surface area (Å²) in [5, 5.41) is 3.43. The molecule has 1 N–H and O–H groups in total. The summed E-state index contributed by atoms with van der Waals surface area (Å²) in [6.07, 6.45) is 5.53. The van der Waals surface area contributed by atoms with Crippen molar-refractivity contribution in [1.29, 1.82) is 0 Å². The summed E-state index contributed by atoms with van der Waals surface area (Å²) in [4.78, 5) is 2.62. The molecule has 0 bridgehead atoms. The van der Waals surface area contributed by atoms with Gasteiger partial charge in [-0.15, -0.1) is 0 Å². The Morgan fingerprint density at radius 3 is 2.35 bits per heavy atom. The van der Waals surface area contributed by atoms with E-state index in [9.17, 15) is 0 Å². The smallest absolute Gasteiger partial charge is 0.0852 e. The van der Waals surface area contributed by atoms with Crippen molar-refractivity contribution in [2.75, 3.05) is 32.8 Å². The second-order valence-electron chi connectivity index (χ2n) is 5.10. The average Bonchev–Trinajstić information content (AvgIpc) is 2.39. The molecule has 0 aliphatic carbocycles. The molecule has 2 atom stereocenters. The Kier molecular flexibility index (Phi) is 7.82. The highest BCUT2D eigenvalue weighted by atomic mass is 16.5. The Balaban J connectivity index is 2.41. The zero-order valence-corrected chi connectivity index (χ0v) is 11.9. The number of hydrogen-bond acceptors (Lipinski definition) is 3. The number of nitrogens with zero attached hydrogens (tertiary/aromatic N) is 1. The van der Waals surface area contributed by atoms with Crippen molar-refractivity contribution < 1.29 is 4.74 Å². The van der Waals surface area contributed by atoms with Crippen LogP contribution in [0.1, 0.15) is 46.5 Å². The van der Waals surface area contributed by atoms with Gasteiger partial charge in [-0.1, -0.05) is 26.7 Å². The van der Waals surface area contributed by atoms with Gasteiger partial charge in [0, 0.05) is 19.1 Å². The summed E-state index contributed by atoms with van der Waals surface area (Å²) in [5.74, 6) is 0. The molecule has 102 valence electrons. The maximum atomic E-state index is 5.88. The first kappa shape index (κ1) is 14.9.